The second-order valence-electron chi connectivity index (χ2n) is 6.20. The van der Waals surface area contributed by atoms with Crippen LogP contribution in [0.5, 0.6) is 0 Å². The van der Waals surface area contributed by atoms with Gasteiger partial charge in [0.05, 0.1) is 4.90 Å². The van der Waals surface area contributed by atoms with E-state index in [1.807, 2.05) is 45.2 Å². The van der Waals surface area contributed by atoms with Crippen LogP contribution in [0.2, 0.25) is 0 Å². The lowest BCUT2D eigenvalue weighted by molar-refractivity contribution is 0.581. The molecular formula is C19H22N2O2S. The van der Waals surface area contributed by atoms with Crippen LogP contribution in [-0.4, -0.2) is 19.5 Å². The zero-order valence-corrected chi connectivity index (χ0v) is 15.0. The summed E-state index contributed by atoms with van der Waals surface area (Å²) in [6.45, 7) is 4.16. The lowest BCUT2D eigenvalue weighted by atomic mass is 10.1. The number of nitrogens with one attached hydrogen (secondary N) is 1. The number of aryl methyl sites for hydroxylation is 3. The number of aromatic nitrogens is 1. The van der Waals surface area contributed by atoms with Crippen molar-refractivity contribution < 1.29 is 8.42 Å². The number of para-hydroxylation sites is 1. The fraction of sp³-hybridized carbons (Fsp3) is 0.263. The molecular weight excluding hydrogens is 320 g/mol. The summed E-state index contributed by atoms with van der Waals surface area (Å²) in [4.78, 5) is 0.353. The van der Waals surface area contributed by atoms with Crippen LogP contribution in [-0.2, 0) is 23.5 Å². The van der Waals surface area contributed by atoms with Crippen LogP contribution in [0.3, 0.4) is 0 Å². The summed E-state index contributed by atoms with van der Waals surface area (Å²) >= 11 is 0. The van der Waals surface area contributed by atoms with E-state index in [0.717, 1.165) is 22.2 Å². The van der Waals surface area contributed by atoms with E-state index < -0.39 is 10.0 Å². The SMILES string of the molecule is Cc1ccc(S(=O)(=O)NCCc2cn(C)c3ccccc23)c(C)c1. The van der Waals surface area contributed by atoms with Crippen molar-refractivity contribution >= 4 is 20.9 Å². The van der Waals surface area contributed by atoms with Gasteiger partial charge < -0.3 is 4.57 Å². The fourth-order valence-corrected chi connectivity index (χ4v) is 4.38. The standard InChI is InChI=1S/C19H22N2O2S/c1-14-8-9-19(15(2)12-14)24(22,23)20-11-10-16-13-21(3)18-7-5-4-6-17(16)18/h4-9,12-13,20H,10-11H2,1-3H3. The molecule has 0 radical (unpaired) electrons. The minimum Gasteiger partial charge on any atom is -0.350 e. The van der Waals surface area contributed by atoms with Gasteiger partial charge >= 0.3 is 0 Å². The number of hydrogen-bond acceptors (Lipinski definition) is 2. The van der Waals surface area contributed by atoms with Crippen LogP contribution < -0.4 is 4.72 Å². The number of sulfonamides is 1. The van der Waals surface area contributed by atoms with E-state index in [1.54, 1.807) is 6.07 Å². The first-order chi connectivity index (χ1) is 11.4. The van der Waals surface area contributed by atoms with E-state index in [1.165, 1.54) is 5.39 Å². The zero-order chi connectivity index (χ0) is 17.3. The van der Waals surface area contributed by atoms with E-state index in [2.05, 4.69) is 27.6 Å². The molecule has 0 atom stereocenters. The Bertz CT molecular complexity index is 988. The van der Waals surface area contributed by atoms with Crippen molar-refractivity contribution in [2.24, 2.45) is 7.05 Å². The normalized spacial score (nSPS) is 12.0. The average molecular weight is 342 g/mol. The van der Waals surface area contributed by atoms with Crippen LogP contribution in [0.15, 0.2) is 53.6 Å². The summed E-state index contributed by atoms with van der Waals surface area (Å²) in [7, 11) is -1.48. The molecule has 0 fully saturated rings. The molecule has 0 saturated carbocycles. The Balaban J connectivity index is 1.75. The molecule has 1 heterocycles. The Hall–Kier alpha value is -2.11. The molecule has 0 bridgehead atoms. The molecule has 4 nitrogen and oxygen atoms in total. The third kappa shape index (κ3) is 3.23. The first-order valence-corrected chi connectivity index (χ1v) is 9.46. The van der Waals surface area contributed by atoms with Crippen molar-refractivity contribution in [3.8, 4) is 0 Å². The van der Waals surface area contributed by atoms with Gasteiger partial charge in [0.1, 0.15) is 0 Å². The van der Waals surface area contributed by atoms with Crippen molar-refractivity contribution in [1.82, 2.24) is 9.29 Å². The Morgan fingerprint density at radius 1 is 1.08 bits per heavy atom. The lowest BCUT2D eigenvalue weighted by Gasteiger charge is -2.09. The number of nitrogens with zero attached hydrogens (tertiary/aromatic N) is 1. The van der Waals surface area contributed by atoms with Crippen molar-refractivity contribution in [2.45, 2.75) is 25.2 Å². The minimum absolute atomic E-state index is 0.353. The third-order valence-electron chi connectivity index (χ3n) is 4.29. The van der Waals surface area contributed by atoms with Crippen LogP contribution >= 0.6 is 0 Å². The van der Waals surface area contributed by atoms with E-state index in [9.17, 15) is 8.42 Å². The van der Waals surface area contributed by atoms with Gasteiger partial charge in [-0.1, -0.05) is 35.9 Å². The molecule has 126 valence electrons. The predicted octanol–water partition coefficient (Wildman–Crippen LogP) is 3.32. The molecule has 2 aromatic carbocycles. The second kappa shape index (κ2) is 6.42. The monoisotopic (exact) mass is 342 g/mol. The van der Waals surface area contributed by atoms with Crippen molar-refractivity contribution in [3.05, 3.63) is 65.4 Å². The predicted molar refractivity (Wildman–Crippen MR) is 97.7 cm³/mol. The van der Waals surface area contributed by atoms with Crippen molar-refractivity contribution in [1.29, 1.82) is 0 Å². The van der Waals surface area contributed by atoms with E-state index in [4.69, 9.17) is 0 Å². The van der Waals surface area contributed by atoms with Crippen LogP contribution in [0.25, 0.3) is 10.9 Å². The lowest BCUT2D eigenvalue weighted by Crippen LogP contribution is -2.26. The van der Waals surface area contributed by atoms with Crippen LogP contribution in [0, 0.1) is 13.8 Å². The van der Waals surface area contributed by atoms with Gasteiger partial charge in [0, 0.05) is 30.7 Å². The van der Waals surface area contributed by atoms with Gasteiger partial charge in [-0.05, 0) is 43.5 Å². The van der Waals surface area contributed by atoms with Gasteiger partial charge in [0.2, 0.25) is 10.0 Å². The second-order valence-corrected chi connectivity index (χ2v) is 7.93. The Morgan fingerprint density at radius 3 is 2.58 bits per heavy atom. The average Bonchev–Trinajstić information content (AvgIpc) is 2.84. The zero-order valence-electron chi connectivity index (χ0n) is 14.2. The number of benzene rings is 2. The summed E-state index contributed by atoms with van der Waals surface area (Å²) in [5.41, 5.74) is 4.14. The highest BCUT2D eigenvalue weighted by molar-refractivity contribution is 7.89. The highest BCUT2D eigenvalue weighted by Gasteiger charge is 2.16. The number of fused-ring (bicyclic) bond motifs is 1. The van der Waals surface area contributed by atoms with Gasteiger partial charge in [-0.15, -0.1) is 0 Å². The Kier molecular flexibility index (Phi) is 4.47. The molecule has 1 N–H and O–H groups in total. The topological polar surface area (TPSA) is 51.1 Å². The smallest absolute Gasteiger partial charge is 0.240 e. The maximum atomic E-state index is 12.5. The number of hydrogen-bond donors (Lipinski definition) is 1. The number of rotatable bonds is 5. The molecule has 0 spiro atoms. The van der Waals surface area contributed by atoms with Gasteiger partial charge in [0.25, 0.3) is 0 Å². The summed E-state index contributed by atoms with van der Waals surface area (Å²) in [5, 5.41) is 1.17. The molecule has 0 unspecified atom stereocenters. The van der Waals surface area contributed by atoms with Crippen molar-refractivity contribution in [3.63, 3.8) is 0 Å². The molecule has 0 aliphatic carbocycles. The Labute approximate surface area is 143 Å². The fourth-order valence-electron chi connectivity index (χ4n) is 3.12. The van der Waals surface area contributed by atoms with Gasteiger partial charge in [0.15, 0.2) is 0 Å². The molecule has 24 heavy (non-hydrogen) atoms. The third-order valence-corrected chi connectivity index (χ3v) is 5.91. The molecule has 3 rings (SSSR count). The molecule has 0 aliphatic heterocycles. The molecule has 3 aromatic rings. The minimum atomic E-state index is -3.48. The molecule has 0 saturated heterocycles. The summed E-state index contributed by atoms with van der Waals surface area (Å²) < 4.78 is 29.8. The van der Waals surface area contributed by atoms with Gasteiger partial charge in [-0.25, -0.2) is 13.1 Å². The molecule has 0 aliphatic rings. The maximum Gasteiger partial charge on any atom is 0.240 e. The highest BCUT2D eigenvalue weighted by atomic mass is 32.2. The Morgan fingerprint density at radius 2 is 1.83 bits per heavy atom. The molecule has 1 aromatic heterocycles. The van der Waals surface area contributed by atoms with Crippen molar-refractivity contribution in [2.75, 3.05) is 6.54 Å². The highest BCUT2D eigenvalue weighted by Crippen LogP contribution is 2.21. The summed E-state index contributed by atoms with van der Waals surface area (Å²) in [6.07, 6.45) is 2.72. The first-order valence-electron chi connectivity index (χ1n) is 7.98. The van der Waals surface area contributed by atoms with Crippen LogP contribution in [0.4, 0.5) is 0 Å². The molecule has 0 amide bonds. The van der Waals surface area contributed by atoms with Gasteiger partial charge in [-0.2, -0.15) is 0 Å². The molecule has 5 heteroatoms. The quantitative estimate of drug-likeness (QED) is 0.773. The summed E-state index contributed by atoms with van der Waals surface area (Å²) in [5.74, 6) is 0. The van der Waals surface area contributed by atoms with Crippen LogP contribution in [0.1, 0.15) is 16.7 Å². The van der Waals surface area contributed by atoms with E-state index >= 15 is 0 Å². The first kappa shape index (κ1) is 16.7. The van der Waals surface area contributed by atoms with E-state index in [-0.39, 0.29) is 0 Å². The van der Waals surface area contributed by atoms with Gasteiger partial charge in [-0.3, -0.25) is 0 Å². The largest absolute Gasteiger partial charge is 0.350 e. The summed E-state index contributed by atoms with van der Waals surface area (Å²) in [6, 6.07) is 13.5. The van der Waals surface area contributed by atoms with E-state index in [0.29, 0.717) is 17.9 Å². The maximum absolute atomic E-state index is 12.5.